The number of morpholine rings is 1. The number of benzene rings is 2. The summed E-state index contributed by atoms with van der Waals surface area (Å²) in [5.74, 6) is 0.231. The number of carbonyl (C=O) groups is 3. The minimum atomic E-state index is -0.830. The summed E-state index contributed by atoms with van der Waals surface area (Å²) in [6.07, 6.45) is 0.292. The molecule has 32 heavy (non-hydrogen) atoms. The van der Waals surface area contributed by atoms with Crippen LogP contribution >= 0.6 is 0 Å². The third kappa shape index (κ3) is 4.91. The van der Waals surface area contributed by atoms with Gasteiger partial charge in [-0.3, -0.25) is 14.5 Å². The van der Waals surface area contributed by atoms with E-state index in [1.54, 1.807) is 12.0 Å². The SMILES string of the molecule is COc1ccc(CCN2C(=O)N[C@H](CC(=O)N3CCO[C@@H](c4ccccc4)C3)C2=O)cc1. The molecule has 2 saturated heterocycles. The second kappa shape index (κ2) is 9.82. The maximum absolute atomic E-state index is 12.9. The number of methoxy groups -OCH3 is 1. The van der Waals surface area contributed by atoms with Crippen LogP contribution in [-0.2, 0) is 20.7 Å². The van der Waals surface area contributed by atoms with Crippen LogP contribution in [0, 0.1) is 0 Å². The van der Waals surface area contributed by atoms with Crippen molar-refractivity contribution in [1.29, 1.82) is 0 Å². The smallest absolute Gasteiger partial charge is 0.324 e. The number of urea groups is 1. The second-order valence-corrected chi connectivity index (χ2v) is 7.90. The van der Waals surface area contributed by atoms with Gasteiger partial charge in [0.2, 0.25) is 5.91 Å². The number of amides is 4. The molecule has 2 atom stereocenters. The lowest BCUT2D eigenvalue weighted by molar-refractivity contribution is -0.141. The summed E-state index contributed by atoms with van der Waals surface area (Å²) in [5.41, 5.74) is 2.01. The molecule has 4 amide bonds. The lowest BCUT2D eigenvalue weighted by Gasteiger charge is -2.33. The molecule has 0 bridgehead atoms. The first kappa shape index (κ1) is 21.8. The van der Waals surface area contributed by atoms with Crippen LogP contribution in [0.3, 0.4) is 0 Å². The van der Waals surface area contributed by atoms with Gasteiger partial charge in [0.1, 0.15) is 17.9 Å². The fourth-order valence-electron chi connectivity index (χ4n) is 4.01. The quantitative estimate of drug-likeness (QED) is 0.671. The van der Waals surface area contributed by atoms with Crippen molar-refractivity contribution >= 4 is 17.8 Å². The van der Waals surface area contributed by atoms with E-state index in [1.807, 2.05) is 54.6 Å². The van der Waals surface area contributed by atoms with Crippen LogP contribution in [0.4, 0.5) is 4.79 Å². The van der Waals surface area contributed by atoms with Crippen molar-refractivity contribution in [2.45, 2.75) is 25.0 Å². The third-order valence-corrected chi connectivity index (χ3v) is 5.86. The van der Waals surface area contributed by atoms with Gasteiger partial charge in [0.25, 0.3) is 5.91 Å². The zero-order chi connectivity index (χ0) is 22.5. The van der Waals surface area contributed by atoms with E-state index in [0.717, 1.165) is 16.9 Å². The highest BCUT2D eigenvalue weighted by Crippen LogP contribution is 2.23. The van der Waals surface area contributed by atoms with E-state index in [2.05, 4.69) is 5.32 Å². The van der Waals surface area contributed by atoms with E-state index >= 15 is 0 Å². The first-order valence-corrected chi connectivity index (χ1v) is 10.7. The first-order chi connectivity index (χ1) is 15.5. The molecule has 2 aromatic rings. The van der Waals surface area contributed by atoms with Gasteiger partial charge < -0.3 is 19.7 Å². The molecule has 0 aliphatic carbocycles. The third-order valence-electron chi connectivity index (χ3n) is 5.86. The zero-order valence-electron chi connectivity index (χ0n) is 18.0. The van der Waals surface area contributed by atoms with E-state index in [-0.39, 0.29) is 30.9 Å². The van der Waals surface area contributed by atoms with Crippen molar-refractivity contribution in [3.8, 4) is 5.75 Å². The number of hydrogen-bond donors (Lipinski definition) is 1. The van der Waals surface area contributed by atoms with Gasteiger partial charge in [0.15, 0.2) is 0 Å². The van der Waals surface area contributed by atoms with Gasteiger partial charge in [-0.05, 0) is 29.7 Å². The van der Waals surface area contributed by atoms with E-state index in [9.17, 15) is 14.4 Å². The van der Waals surface area contributed by atoms with Gasteiger partial charge in [0.05, 0.1) is 26.7 Å². The molecule has 168 valence electrons. The highest BCUT2D eigenvalue weighted by Gasteiger charge is 2.40. The first-order valence-electron chi connectivity index (χ1n) is 10.7. The monoisotopic (exact) mass is 437 g/mol. The molecule has 8 heteroatoms. The fourth-order valence-corrected chi connectivity index (χ4v) is 4.01. The van der Waals surface area contributed by atoms with Crippen LogP contribution in [0.15, 0.2) is 54.6 Å². The van der Waals surface area contributed by atoms with E-state index < -0.39 is 12.1 Å². The maximum atomic E-state index is 12.9. The number of rotatable bonds is 7. The standard InChI is InChI=1S/C24H27N3O5/c1-31-19-9-7-17(8-10-19)11-12-27-23(29)20(25-24(27)30)15-22(28)26-13-14-32-21(16-26)18-5-3-2-4-6-18/h2-10,20-21H,11-16H2,1H3,(H,25,30)/t20-,21-/m1/s1. The molecular weight excluding hydrogens is 410 g/mol. The normalized spacial score (nSPS) is 20.9. The Morgan fingerprint density at radius 3 is 2.59 bits per heavy atom. The van der Waals surface area contributed by atoms with Crippen molar-refractivity contribution in [1.82, 2.24) is 15.1 Å². The maximum Gasteiger partial charge on any atom is 0.324 e. The Hall–Kier alpha value is -3.39. The van der Waals surface area contributed by atoms with Crippen LogP contribution in [0.5, 0.6) is 5.75 Å². The molecule has 2 aliphatic heterocycles. The molecule has 2 aliphatic rings. The van der Waals surface area contributed by atoms with Gasteiger partial charge in [-0.15, -0.1) is 0 Å². The summed E-state index contributed by atoms with van der Waals surface area (Å²) < 4.78 is 11.0. The molecule has 2 aromatic carbocycles. The average molecular weight is 437 g/mol. The van der Waals surface area contributed by atoms with Gasteiger partial charge in [0, 0.05) is 13.1 Å². The number of nitrogens with zero attached hydrogens (tertiary/aromatic N) is 2. The predicted octanol–water partition coefficient (Wildman–Crippen LogP) is 2.15. The van der Waals surface area contributed by atoms with Gasteiger partial charge >= 0.3 is 6.03 Å². The topological polar surface area (TPSA) is 88.2 Å². The molecule has 0 aromatic heterocycles. The molecular formula is C24H27N3O5. The largest absolute Gasteiger partial charge is 0.497 e. The molecule has 0 unspecified atom stereocenters. The number of ether oxygens (including phenoxy) is 2. The molecule has 2 heterocycles. The summed E-state index contributed by atoms with van der Waals surface area (Å²) in [5, 5.41) is 2.66. The van der Waals surface area contributed by atoms with E-state index in [4.69, 9.17) is 9.47 Å². The Morgan fingerprint density at radius 1 is 1.12 bits per heavy atom. The molecule has 4 rings (SSSR count). The highest BCUT2D eigenvalue weighted by molar-refractivity contribution is 6.05. The lowest BCUT2D eigenvalue weighted by atomic mass is 10.1. The molecule has 1 N–H and O–H groups in total. The number of imide groups is 1. The fraction of sp³-hybridized carbons (Fsp3) is 0.375. The Balaban J connectivity index is 1.31. The Kier molecular flexibility index (Phi) is 6.70. The van der Waals surface area contributed by atoms with Gasteiger partial charge in [-0.25, -0.2) is 4.79 Å². The summed E-state index contributed by atoms with van der Waals surface area (Å²) in [4.78, 5) is 40.9. The summed E-state index contributed by atoms with van der Waals surface area (Å²) in [6, 6.07) is 16.0. The summed E-state index contributed by atoms with van der Waals surface area (Å²) in [6.45, 7) is 1.59. The van der Waals surface area contributed by atoms with Gasteiger partial charge in [-0.2, -0.15) is 0 Å². The Morgan fingerprint density at radius 2 is 1.88 bits per heavy atom. The van der Waals surface area contributed by atoms with Crippen molar-refractivity contribution in [3.63, 3.8) is 0 Å². The second-order valence-electron chi connectivity index (χ2n) is 7.90. The Labute approximate surface area is 187 Å². The number of carbonyl (C=O) groups excluding carboxylic acids is 3. The molecule has 2 fully saturated rings. The Bertz CT molecular complexity index is 963. The molecule has 0 radical (unpaired) electrons. The van der Waals surface area contributed by atoms with Crippen molar-refractivity contribution in [3.05, 3.63) is 65.7 Å². The summed E-state index contributed by atoms with van der Waals surface area (Å²) >= 11 is 0. The van der Waals surface area contributed by atoms with Crippen LogP contribution in [-0.4, -0.2) is 67.0 Å². The minimum absolute atomic E-state index is 0.0505. The number of hydrogen-bond acceptors (Lipinski definition) is 5. The van der Waals surface area contributed by atoms with E-state index in [0.29, 0.717) is 26.1 Å². The minimum Gasteiger partial charge on any atom is -0.497 e. The van der Waals surface area contributed by atoms with E-state index in [1.165, 1.54) is 4.90 Å². The molecule has 8 nitrogen and oxygen atoms in total. The predicted molar refractivity (Wildman–Crippen MR) is 117 cm³/mol. The van der Waals surface area contributed by atoms with Crippen molar-refractivity contribution < 1.29 is 23.9 Å². The molecule has 0 saturated carbocycles. The van der Waals surface area contributed by atoms with Crippen molar-refractivity contribution in [2.75, 3.05) is 33.4 Å². The average Bonchev–Trinajstić information content (AvgIpc) is 3.10. The lowest BCUT2D eigenvalue weighted by Crippen LogP contribution is -2.45. The summed E-state index contributed by atoms with van der Waals surface area (Å²) in [7, 11) is 1.60. The van der Waals surface area contributed by atoms with Crippen molar-refractivity contribution in [2.24, 2.45) is 0 Å². The van der Waals surface area contributed by atoms with Crippen LogP contribution in [0.2, 0.25) is 0 Å². The zero-order valence-corrected chi connectivity index (χ0v) is 18.0. The van der Waals surface area contributed by atoms with Crippen LogP contribution in [0.25, 0.3) is 0 Å². The van der Waals surface area contributed by atoms with Crippen LogP contribution < -0.4 is 10.1 Å². The van der Waals surface area contributed by atoms with Gasteiger partial charge in [-0.1, -0.05) is 42.5 Å². The highest BCUT2D eigenvalue weighted by atomic mass is 16.5. The number of nitrogens with one attached hydrogen (secondary N) is 1. The molecule has 0 spiro atoms. The van der Waals surface area contributed by atoms with Crippen LogP contribution in [0.1, 0.15) is 23.7 Å².